The van der Waals surface area contributed by atoms with E-state index >= 15 is 0 Å². The van der Waals surface area contributed by atoms with E-state index in [9.17, 15) is 4.79 Å². The number of nitrogens with one attached hydrogen (secondary N) is 1. The molecule has 0 spiro atoms. The van der Waals surface area contributed by atoms with Gasteiger partial charge in [-0.25, -0.2) is 0 Å². The molecule has 0 saturated carbocycles. The Labute approximate surface area is 98.3 Å². The predicted octanol–water partition coefficient (Wildman–Crippen LogP) is 0.423. The summed E-state index contributed by atoms with van der Waals surface area (Å²) in [4.78, 5) is 13.3. The van der Waals surface area contributed by atoms with Gasteiger partial charge in [0.2, 0.25) is 10.1 Å². The highest BCUT2D eigenvalue weighted by Crippen LogP contribution is 2.15. The van der Waals surface area contributed by atoms with Crippen LogP contribution < -0.4 is 5.32 Å². The van der Waals surface area contributed by atoms with E-state index in [0.29, 0.717) is 23.1 Å². The average Bonchev–Trinajstić information content (AvgIpc) is 2.73. The first-order valence-corrected chi connectivity index (χ1v) is 5.81. The van der Waals surface area contributed by atoms with Gasteiger partial charge in [0.15, 0.2) is 0 Å². The molecule has 1 amide bonds. The van der Waals surface area contributed by atoms with E-state index in [4.69, 9.17) is 5.11 Å². The average molecular weight is 244 g/mol. The number of carbonyl (C=O) groups is 1. The van der Waals surface area contributed by atoms with Crippen molar-refractivity contribution < 1.29 is 9.90 Å². The van der Waals surface area contributed by atoms with Crippen molar-refractivity contribution in [2.24, 2.45) is 0 Å². The molecule has 7 heteroatoms. The highest BCUT2D eigenvalue weighted by atomic mass is 32.1. The molecule has 2 N–H and O–H groups in total. The SMILES string of the molecule is CNc1nnc(C(=O)N(C)CCC(C)O)s1. The molecule has 1 aromatic rings. The molecule has 1 rings (SSSR count). The van der Waals surface area contributed by atoms with Gasteiger partial charge in [-0.05, 0) is 13.3 Å². The first-order chi connectivity index (χ1) is 7.54. The largest absolute Gasteiger partial charge is 0.393 e. The van der Waals surface area contributed by atoms with Crippen molar-refractivity contribution in [2.45, 2.75) is 19.4 Å². The molecular weight excluding hydrogens is 228 g/mol. The van der Waals surface area contributed by atoms with Crippen molar-refractivity contribution in [3.05, 3.63) is 5.01 Å². The quantitative estimate of drug-likeness (QED) is 0.785. The van der Waals surface area contributed by atoms with Crippen LogP contribution in [0.15, 0.2) is 0 Å². The Bertz CT molecular complexity index is 353. The molecule has 1 heterocycles. The zero-order valence-electron chi connectivity index (χ0n) is 9.60. The fraction of sp³-hybridized carbons (Fsp3) is 0.667. The van der Waals surface area contributed by atoms with Crippen molar-refractivity contribution in [3.8, 4) is 0 Å². The minimum Gasteiger partial charge on any atom is -0.393 e. The maximum Gasteiger partial charge on any atom is 0.284 e. The molecule has 0 saturated heterocycles. The number of aliphatic hydroxyl groups is 1. The predicted molar refractivity (Wildman–Crippen MR) is 62.7 cm³/mol. The zero-order chi connectivity index (χ0) is 12.1. The summed E-state index contributed by atoms with van der Waals surface area (Å²) in [6.45, 7) is 2.20. The molecule has 1 unspecified atom stereocenters. The molecule has 6 nitrogen and oxygen atoms in total. The molecule has 1 atom stereocenters. The molecular formula is C9H16N4O2S. The molecule has 0 aliphatic rings. The van der Waals surface area contributed by atoms with E-state index in [0.717, 1.165) is 0 Å². The van der Waals surface area contributed by atoms with Crippen LogP contribution in [0.25, 0.3) is 0 Å². The maximum absolute atomic E-state index is 11.8. The van der Waals surface area contributed by atoms with Gasteiger partial charge in [0.25, 0.3) is 5.91 Å². The Balaban J connectivity index is 2.56. The lowest BCUT2D eigenvalue weighted by molar-refractivity contribution is 0.0768. The van der Waals surface area contributed by atoms with Crippen molar-refractivity contribution in [1.29, 1.82) is 0 Å². The summed E-state index contributed by atoms with van der Waals surface area (Å²) in [5.41, 5.74) is 0. The summed E-state index contributed by atoms with van der Waals surface area (Å²) in [5, 5.41) is 20.5. The third kappa shape index (κ3) is 3.42. The van der Waals surface area contributed by atoms with Crippen molar-refractivity contribution in [1.82, 2.24) is 15.1 Å². The van der Waals surface area contributed by atoms with Crippen LogP contribution in [0.4, 0.5) is 5.13 Å². The van der Waals surface area contributed by atoms with Crippen LogP contribution in [0.5, 0.6) is 0 Å². The maximum atomic E-state index is 11.8. The highest BCUT2D eigenvalue weighted by Gasteiger charge is 2.16. The van der Waals surface area contributed by atoms with Crippen LogP contribution in [0.1, 0.15) is 23.1 Å². The Kier molecular flexibility index (Phi) is 4.63. The minimum atomic E-state index is -0.405. The Morgan fingerprint density at radius 2 is 2.31 bits per heavy atom. The topological polar surface area (TPSA) is 78.4 Å². The smallest absolute Gasteiger partial charge is 0.284 e. The van der Waals surface area contributed by atoms with E-state index in [2.05, 4.69) is 15.5 Å². The van der Waals surface area contributed by atoms with Crippen LogP contribution in [-0.4, -0.2) is 52.9 Å². The van der Waals surface area contributed by atoms with Gasteiger partial charge in [-0.2, -0.15) is 0 Å². The molecule has 0 aliphatic carbocycles. The summed E-state index contributed by atoms with van der Waals surface area (Å²) in [7, 11) is 3.41. The summed E-state index contributed by atoms with van der Waals surface area (Å²) in [5.74, 6) is -0.167. The number of hydrogen-bond donors (Lipinski definition) is 2. The second-order valence-electron chi connectivity index (χ2n) is 3.53. The van der Waals surface area contributed by atoms with Gasteiger partial charge >= 0.3 is 0 Å². The zero-order valence-corrected chi connectivity index (χ0v) is 10.4. The van der Waals surface area contributed by atoms with Crippen LogP contribution in [0.3, 0.4) is 0 Å². The van der Waals surface area contributed by atoms with Crippen molar-refractivity contribution in [2.75, 3.05) is 26.0 Å². The van der Waals surface area contributed by atoms with Gasteiger partial charge in [-0.3, -0.25) is 4.79 Å². The molecule has 0 bridgehead atoms. The van der Waals surface area contributed by atoms with Gasteiger partial charge in [-0.15, -0.1) is 10.2 Å². The summed E-state index contributed by atoms with van der Waals surface area (Å²) in [6, 6.07) is 0. The van der Waals surface area contributed by atoms with Gasteiger partial charge in [-0.1, -0.05) is 11.3 Å². The third-order valence-electron chi connectivity index (χ3n) is 2.05. The first kappa shape index (κ1) is 12.9. The minimum absolute atomic E-state index is 0.167. The number of amides is 1. The number of aliphatic hydroxyl groups excluding tert-OH is 1. The van der Waals surface area contributed by atoms with E-state index in [-0.39, 0.29) is 5.91 Å². The van der Waals surface area contributed by atoms with Crippen LogP contribution >= 0.6 is 11.3 Å². The number of carbonyl (C=O) groups excluding carboxylic acids is 1. The first-order valence-electron chi connectivity index (χ1n) is 4.99. The van der Waals surface area contributed by atoms with Crippen molar-refractivity contribution in [3.63, 3.8) is 0 Å². The van der Waals surface area contributed by atoms with E-state index < -0.39 is 6.10 Å². The number of rotatable bonds is 5. The highest BCUT2D eigenvalue weighted by molar-refractivity contribution is 7.17. The third-order valence-corrected chi connectivity index (χ3v) is 2.98. The lowest BCUT2D eigenvalue weighted by Gasteiger charge is -2.15. The Morgan fingerprint density at radius 3 is 2.81 bits per heavy atom. The fourth-order valence-corrected chi connectivity index (χ4v) is 1.75. The Hall–Kier alpha value is -1.21. The van der Waals surface area contributed by atoms with Crippen LogP contribution in [0, 0.1) is 0 Å². The lowest BCUT2D eigenvalue weighted by Crippen LogP contribution is -2.29. The monoisotopic (exact) mass is 244 g/mol. The number of anilines is 1. The fourth-order valence-electron chi connectivity index (χ4n) is 1.06. The lowest BCUT2D eigenvalue weighted by atomic mass is 10.3. The summed E-state index contributed by atoms with van der Waals surface area (Å²) >= 11 is 1.22. The van der Waals surface area contributed by atoms with E-state index in [1.54, 1.807) is 21.0 Å². The van der Waals surface area contributed by atoms with Crippen LogP contribution in [0.2, 0.25) is 0 Å². The van der Waals surface area contributed by atoms with Gasteiger partial charge in [0, 0.05) is 20.6 Å². The molecule has 0 radical (unpaired) electrons. The normalized spacial score (nSPS) is 12.2. The molecule has 0 fully saturated rings. The van der Waals surface area contributed by atoms with Gasteiger partial charge in [0.1, 0.15) is 0 Å². The number of hydrogen-bond acceptors (Lipinski definition) is 6. The van der Waals surface area contributed by atoms with Gasteiger partial charge in [0.05, 0.1) is 6.10 Å². The van der Waals surface area contributed by atoms with Gasteiger partial charge < -0.3 is 15.3 Å². The molecule has 0 aliphatic heterocycles. The molecule has 0 aromatic carbocycles. The summed E-state index contributed by atoms with van der Waals surface area (Å²) < 4.78 is 0. The summed E-state index contributed by atoms with van der Waals surface area (Å²) in [6.07, 6.45) is 0.150. The van der Waals surface area contributed by atoms with Crippen LogP contribution in [-0.2, 0) is 0 Å². The van der Waals surface area contributed by atoms with E-state index in [1.165, 1.54) is 16.2 Å². The standard InChI is InChI=1S/C9H16N4O2S/c1-6(14)4-5-13(3)8(15)7-11-12-9(10-2)16-7/h6,14H,4-5H2,1-3H3,(H,10,12). The van der Waals surface area contributed by atoms with E-state index in [1.807, 2.05) is 0 Å². The Morgan fingerprint density at radius 1 is 1.62 bits per heavy atom. The second kappa shape index (κ2) is 5.76. The number of aromatic nitrogens is 2. The number of nitrogens with zero attached hydrogens (tertiary/aromatic N) is 3. The second-order valence-corrected chi connectivity index (χ2v) is 4.50. The molecule has 16 heavy (non-hydrogen) atoms. The molecule has 90 valence electrons. The van der Waals surface area contributed by atoms with Crippen molar-refractivity contribution >= 4 is 22.4 Å². The molecule has 1 aromatic heterocycles.